The van der Waals surface area contributed by atoms with Gasteiger partial charge in [-0.15, -0.1) is 0 Å². The first kappa shape index (κ1) is 19.3. The molecule has 1 aliphatic rings. The minimum absolute atomic E-state index is 0.156. The molecule has 0 radical (unpaired) electrons. The first-order valence-corrected chi connectivity index (χ1v) is 9.95. The van der Waals surface area contributed by atoms with Gasteiger partial charge in [0.25, 0.3) is 17.1 Å². The maximum Gasteiger partial charge on any atom is 0.278 e. The number of rotatable bonds is 5. The average Bonchev–Trinajstić information content (AvgIpc) is 3.21. The Balaban J connectivity index is 1.94. The molecule has 3 aromatic heterocycles. The minimum Gasteiger partial charge on any atom is -0.381 e. The van der Waals surface area contributed by atoms with Crippen molar-refractivity contribution in [2.45, 2.75) is 45.2 Å². The zero-order valence-electron chi connectivity index (χ0n) is 16.8. The van der Waals surface area contributed by atoms with Gasteiger partial charge in [-0.1, -0.05) is 23.9 Å². The molecule has 0 unspecified atom stereocenters. The third-order valence-electron chi connectivity index (χ3n) is 5.63. The average molecular weight is 396 g/mol. The van der Waals surface area contributed by atoms with Gasteiger partial charge in [-0.05, 0) is 31.9 Å². The Hall–Kier alpha value is -3.00. The predicted octanol–water partition coefficient (Wildman–Crippen LogP) is 1.34. The van der Waals surface area contributed by atoms with Crippen molar-refractivity contribution in [3.05, 3.63) is 45.9 Å². The van der Waals surface area contributed by atoms with Crippen LogP contribution in [-0.2, 0) is 11.3 Å². The molecular formula is C21H26N5O3+. The highest BCUT2D eigenvalue weighted by Gasteiger charge is 2.26. The topological polar surface area (TPSA) is 103 Å². The van der Waals surface area contributed by atoms with Crippen LogP contribution in [0.1, 0.15) is 41.6 Å². The molecule has 0 bridgehead atoms. The molecular weight excluding hydrogens is 370 g/mol. The second-order valence-corrected chi connectivity index (χ2v) is 7.58. The zero-order valence-corrected chi connectivity index (χ0v) is 16.8. The quantitative estimate of drug-likeness (QED) is 0.501. The highest BCUT2D eigenvalue weighted by Crippen LogP contribution is 2.20. The van der Waals surface area contributed by atoms with Crippen molar-refractivity contribution in [3.8, 4) is 0 Å². The van der Waals surface area contributed by atoms with Crippen LogP contribution in [0.5, 0.6) is 0 Å². The monoisotopic (exact) mass is 396 g/mol. The second kappa shape index (κ2) is 7.79. The van der Waals surface area contributed by atoms with E-state index in [4.69, 9.17) is 15.5 Å². The van der Waals surface area contributed by atoms with Crippen LogP contribution in [0.4, 0.5) is 5.82 Å². The van der Waals surface area contributed by atoms with Gasteiger partial charge in [0.2, 0.25) is 11.5 Å². The summed E-state index contributed by atoms with van der Waals surface area (Å²) in [5.41, 5.74) is 8.37. The van der Waals surface area contributed by atoms with E-state index in [1.54, 1.807) is 30.0 Å². The van der Waals surface area contributed by atoms with Gasteiger partial charge in [0.05, 0.1) is 13.2 Å². The lowest BCUT2D eigenvalue weighted by molar-refractivity contribution is -0.660. The number of nitrogens with two attached hydrogens (primary N) is 1. The Kier molecular flexibility index (Phi) is 5.19. The van der Waals surface area contributed by atoms with Crippen LogP contribution >= 0.6 is 0 Å². The molecule has 0 saturated heterocycles. The van der Waals surface area contributed by atoms with Crippen molar-refractivity contribution in [2.24, 2.45) is 0 Å². The fourth-order valence-electron chi connectivity index (χ4n) is 4.03. The Labute approximate surface area is 168 Å². The van der Waals surface area contributed by atoms with Gasteiger partial charge in [0, 0.05) is 24.9 Å². The maximum absolute atomic E-state index is 13.2. The molecule has 8 heteroatoms. The van der Waals surface area contributed by atoms with E-state index in [2.05, 4.69) is 5.32 Å². The number of fused-ring (bicyclic) bond motifs is 2. The number of aromatic nitrogens is 3. The van der Waals surface area contributed by atoms with Gasteiger partial charge in [0.1, 0.15) is 10.9 Å². The van der Waals surface area contributed by atoms with E-state index in [1.807, 2.05) is 13.0 Å². The number of carbonyl (C=O) groups excluding carboxylic acids is 1. The van der Waals surface area contributed by atoms with E-state index in [0.717, 1.165) is 31.2 Å². The first-order valence-electron chi connectivity index (χ1n) is 9.95. The van der Waals surface area contributed by atoms with Gasteiger partial charge >= 0.3 is 0 Å². The van der Waals surface area contributed by atoms with E-state index in [9.17, 15) is 9.59 Å². The van der Waals surface area contributed by atoms with Gasteiger partial charge in [-0.3, -0.25) is 14.0 Å². The molecule has 0 aromatic carbocycles. The number of carbonyl (C=O) groups is 1. The summed E-state index contributed by atoms with van der Waals surface area (Å²) >= 11 is 0. The third kappa shape index (κ3) is 3.44. The number of nitrogens with one attached hydrogen (secondary N) is 1. The summed E-state index contributed by atoms with van der Waals surface area (Å²) < 4.78 is 8.42. The molecule has 1 amide bonds. The van der Waals surface area contributed by atoms with E-state index in [1.165, 1.54) is 4.40 Å². The van der Waals surface area contributed by atoms with E-state index >= 15 is 0 Å². The number of aryl methyl sites for hydroxylation is 1. The lowest BCUT2D eigenvalue weighted by Gasteiger charge is -2.15. The summed E-state index contributed by atoms with van der Waals surface area (Å²) in [5, 5.41) is 3.41. The van der Waals surface area contributed by atoms with E-state index in [-0.39, 0.29) is 23.3 Å². The Morgan fingerprint density at radius 3 is 2.90 bits per heavy atom. The fraction of sp³-hybridized carbons (Fsp3) is 0.429. The van der Waals surface area contributed by atoms with Crippen LogP contribution in [0.2, 0.25) is 0 Å². The summed E-state index contributed by atoms with van der Waals surface area (Å²) in [6.07, 6.45) is 5.85. The highest BCUT2D eigenvalue weighted by atomic mass is 16.5. The van der Waals surface area contributed by atoms with Crippen molar-refractivity contribution in [2.75, 3.05) is 19.5 Å². The molecule has 1 fully saturated rings. The zero-order chi connectivity index (χ0) is 20.5. The smallest absolute Gasteiger partial charge is 0.278 e. The normalized spacial score (nSPS) is 14.7. The molecule has 1 saturated carbocycles. The van der Waals surface area contributed by atoms with E-state index in [0.29, 0.717) is 35.4 Å². The Morgan fingerprint density at radius 2 is 2.17 bits per heavy atom. The van der Waals surface area contributed by atoms with Crippen molar-refractivity contribution >= 4 is 28.4 Å². The van der Waals surface area contributed by atoms with Crippen molar-refractivity contribution < 1.29 is 14.1 Å². The number of hydrogen-bond acceptors (Lipinski definition) is 5. The highest BCUT2D eigenvalue weighted by molar-refractivity contribution is 6.00. The van der Waals surface area contributed by atoms with Crippen molar-refractivity contribution in [1.82, 2.24) is 14.7 Å². The van der Waals surface area contributed by atoms with Gasteiger partial charge in [0.15, 0.2) is 0 Å². The van der Waals surface area contributed by atoms with Crippen molar-refractivity contribution in [3.63, 3.8) is 0 Å². The molecule has 8 nitrogen and oxygen atoms in total. The van der Waals surface area contributed by atoms with Crippen LogP contribution in [0, 0.1) is 6.92 Å². The molecule has 0 atom stereocenters. The SMILES string of the molecule is COCC[n+]1c(N)c(C(=O)NC2CCCC2)cc2c(=O)n3cccc(C)c3nc21. The lowest BCUT2D eigenvalue weighted by atomic mass is 10.1. The largest absolute Gasteiger partial charge is 0.381 e. The molecule has 4 rings (SSSR count). The molecule has 1 aliphatic carbocycles. The number of methoxy groups -OCH3 is 1. The number of ether oxygens (including phenoxy) is 1. The van der Waals surface area contributed by atoms with Gasteiger partial charge in [-0.2, -0.15) is 0 Å². The summed E-state index contributed by atoms with van der Waals surface area (Å²) in [6, 6.07) is 5.44. The summed E-state index contributed by atoms with van der Waals surface area (Å²) in [5.74, 6) is 0.0334. The van der Waals surface area contributed by atoms with Crippen LogP contribution in [0.3, 0.4) is 0 Å². The molecule has 152 valence electrons. The number of hydrogen-bond donors (Lipinski definition) is 2. The molecule has 0 spiro atoms. The molecule has 3 N–H and O–H groups in total. The molecule has 29 heavy (non-hydrogen) atoms. The molecule has 3 heterocycles. The first-order chi connectivity index (χ1) is 14.0. The van der Waals surface area contributed by atoms with Crippen LogP contribution < -0.4 is 21.2 Å². The predicted molar refractivity (Wildman–Crippen MR) is 110 cm³/mol. The number of nitrogens with zero attached hydrogens (tertiary/aromatic N) is 3. The van der Waals surface area contributed by atoms with Crippen LogP contribution in [-0.4, -0.2) is 35.1 Å². The number of nitrogen functional groups attached to an aromatic ring is 1. The second-order valence-electron chi connectivity index (χ2n) is 7.58. The third-order valence-corrected chi connectivity index (χ3v) is 5.63. The minimum atomic E-state index is -0.254. The van der Waals surface area contributed by atoms with E-state index < -0.39 is 0 Å². The van der Waals surface area contributed by atoms with Gasteiger partial charge < -0.3 is 15.8 Å². The summed E-state index contributed by atoms with van der Waals surface area (Å²) in [7, 11) is 1.59. The Morgan fingerprint density at radius 1 is 1.41 bits per heavy atom. The van der Waals surface area contributed by atoms with Crippen molar-refractivity contribution in [1.29, 1.82) is 0 Å². The maximum atomic E-state index is 13.2. The van der Waals surface area contributed by atoms with Crippen LogP contribution in [0.25, 0.3) is 16.7 Å². The fourth-order valence-corrected chi connectivity index (χ4v) is 4.03. The molecule has 0 aliphatic heterocycles. The summed E-state index contributed by atoms with van der Waals surface area (Å²) in [6.45, 7) is 2.67. The number of amides is 1. The Bertz CT molecular complexity index is 1150. The standard InChI is InChI=1S/C21H25N5O3/c1-13-6-5-9-26-18(13)24-19-16(21(26)28)12-15(17(22)25(19)10-11-29-2)20(27)23-14-7-3-4-8-14/h5-6,9,12,14,22H,3-4,7-8,10-11H2,1-2H3,(H,23,27)/p+1. The van der Waals surface area contributed by atoms with Crippen LogP contribution in [0.15, 0.2) is 29.2 Å². The van der Waals surface area contributed by atoms with Gasteiger partial charge in [-0.25, -0.2) is 4.57 Å². The number of anilines is 1. The lowest BCUT2D eigenvalue weighted by Crippen LogP contribution is -2.44. The number of pyridine rings is 2. The summed E-state index contributed by atoms with van der Waals surface area (Å²) in [4.78, 5) is 30.9. The molecule has 3 aromatic rings.